The molecule has 0 bridgehead atoms. The maximum absolute atomic E-state index is 12.1. The van der Waals surface area contributed by atoms with E-state index in [9.17, 15) is 4.79 Å². The minimum absolute atomic E-state index is 0. The summed E-state index contributed by atoms with van der Waals surface area (Å²) in [7, 11) is 0. The Kier molecular flexibility index (Phi) is 5.46. The SMILES string of the molecule is O=C(CCCCc1coc(-c2ccccc2)n1)N1CCCCC1.[HH]. The molecule has 0 aliphatic carbocycles. The molecule has 4 nitrogen and oxygen atoms in total. The molecule has 4 heteroatoms. The fourth-order valence-electron chi connectivity index (χ4n) is 3.02. The average Bonchev–Trinajstić information content (AvgIpc) is 3.09. The molecule has 1 aromatic carbocycles. The maximum atomic E-state index is 12.1. The smallest absolute Gasteiger partial charge is 0.226 e. The van der Waals surface area contributed by atoms with Crippen LogP contribution in [0.4, 0.5) is 0 Å². The third-order valence-corrected chi connectivity index (χ3v) is 4.35. The lowest BCUT2D eigenvalue weighted by atomic mass is 10.1. The molecule has 1 saturated heterocycles. The second-order valence-electron chi connectivity index (χ2n) is 6.16. The molecule has 124 valence electrons. The lowest BCUT2D eigenvalue weighted by Crippen LogP contribution is -2.35. The van der Waals surface area contributed by atoms with Crippen LogP contribution in [0.15, 0.2) is 41.0 Å². The first kappa shape index (κ1) is 15.8. The van der Waals surface area contributed by atoms with Crippen LogP contribution >= 0.6 is 0 Å². The second-order valence-corrected chi connectivity index (χ2v) is 6.16. The molecule has 1 aliphatic heterocycles. The minimum atomic E-state index is 0. The van der Waals surface area contributed by atoms with Crippen LogP contribution in [0.1, 0.15) is 45.6 Å². The lowest BCUT2D eigenvalue weighted by molar-refractivity contribution is -0.132. The zero-order valence-electron chi connectivity index (χ0n) is 13.5. The number of unbranched alkanes of at least 4 members (excludes halogenated alkanes) is 1. The molecular formula is C19H26N2O2. The van der Waals surface area contributed by atoms with E-state index in [2.05, 4.69) is 4.98 Å². The van der Waals surface area contributed by atoms with Gasteiger partial charge >= 0.3 is 0 Å². The molecule has 1 amide bonds. The van der Waals surface area contributed by atoms with Gasteiger partial charge in [-0.25, -0.2) is 4.98 Å². The quantitative estimate of drug-likeness (QED) is 0.746. The van der Waals surface area contributed by atoms with Crippen molar-refractivity contribution >= 4 is 5.91 Å². The van der Waals surface area contributed by atoms with Gasteiger partial charge in [-0.05, 0) is 50.7 Å². The largest absolute Gasteiger partial charge is 0.444 e. The third-order valence-electron chi connectivity index (χ3n) is 4.35. The van der Waals surface area contributed by atoms with Crippen molar-refractivity contribution in [1.29, 1.82) is 0 Å². The number of rotatable bonds is 6. The van der Waals surface area contributed by atoms with Crippen molar-refractivity contribution in [1.82, 2.24) is 9.88 Å². The van der Waals surface area contributed by atoms with E-state index in [1.165, 1.54) is 6.42 Å². The number of amides is 1. The topological polar surface area (TPSA) is 46.3 Å². The Morgan fingerprint density at radius 2 is 1.91 bits per heavy atom. The van der Waals surface area contributed by atoms with E-state index in [1.54, 1.807) is 6.26 Å². The van der Waals surface area contributed by atoms with Crippen LogP contribution in [-0.4, -0.2) is 28.9 Å². The fraction of sp³-hybridized carbons (Fsp3) is 0.474. The number of benzene rings is 1. The molecule has 2 heterocycles. The first-order valence-electron chi connectivity index (χ1n) is 8.60. The van der Waals surface area contributed by atoms with Crippen molar-refractivity contribution in [2.45, 2.75) is 44.9 Å². The van der Waals surface area contributed by atoms with Crippen molar-refractivity contribution < 1.29 is 10.6 Å². The van der Waals surface area contributed by atoms with E-state index in [1.807, 2.05) is 35.2 Å². The number of aryl methyl sites for hydroxylation is 1. The average molecular weight is 314 g/mol. The van der Waals surface area contributed by atoms with Gasteiger partial charge in [0.2, 0.25) is 11.8 Å². The predicted octanol–water partition coefficient (Wildman–Crippen LogP) is 4.31. The van der Waals surface area contributed by atoms with Gasteiger partial charge in [-0.2, -0.15) is 0 Å². The minimum Gasteiger partial charge on any atom is -0.444 e. The number of hydrogen-bond acceptors (Lipinski definition) is 3. The van der Waals surface area contributed by atoms with Gasteiger partial charge in [0.1, 0.15) is 6.26 Å². The van der Waals surface area contributed by atoms with E-state index < -0.39 is 0 Å². The summed E-state index contributed by atoms with van der Waals surface area (Å²) in [6.07, 6.45) is 8.73. The fourth-order valence-corrected chi connectivity index (χ4v) is 3.02. The Labute approximate surface area is 139 Å². The molecule has 23 heavy (non-hydrogen) atoms. The van der Waals surface area contributed by atoms with Crippen LogP contribution in [0.25, 0.3) is 11.5 Å². The molecule has 2 aromatic rings. The molecule has 0 unspecified atom stereocenters. The summed E-state index contributed by atoms with van der Waals surface area (Å²) in [6, 6.07) is 9.92. The monoisotopic (exact) mass is 314 g/mol. The van der Waals surface area contributed by atoms with Gasteiger partial charge in [0.25, 0.3) is 0 Å². The van der Waals surface area contributed by atoms with Gasteiger partial charge < -0.3 is 9.32 Å². The van der Waals surface area contributed by atoms with Crippen LogP contribution in [0.2, 0.25) is 0 Å². The Balaban J connectivity index is 0.00000208. The van der Waals surface area contributed by atoms with Gasteiger partial charge in [0, 0.05) is 26.5 Å². The third kappa shape index (κ3) is 4.44. The first-order valence-corrected chi connectivity index (χ1v) is 8.60. The maximum Gasteiger partial charge on any atom is 0.226 e. The Morgan fingerprint density at radius 1 is 1.13 bits per heavy atom. The van der Waals surface area contributed by atoms with Gasteiger partial charge in [0.05, 0.1) is 5.69 Å². The highest BCUT2D eigenvalue weighted by Gasteiger charge is 2.15. The zero-order chi connectivity index (χ0) is 15.9. The summed E-state index contributed by atoms with van der Waals surface area (Å²) < 4.78 is 5.54. The molecule has 3 rings (SSSR count). The van der Waals surface area contributed by atoms with Crippen molar-refractivity contribution in [3.63, 3.8) is 0 Å². The number of hydrogen-bond donors (Lipinski definition) is 0. The predicted molar refractivity (Wildman–Crippen MR) is 92.0 cm³/mol. The molecule has 1 aromatic heterocycles. The van der Waals surface area contributed by atoms with E-state index in [4.69, 9.17) is 4.42 Å². The van der Waals surface area contributed by atoms with Crippen molar-refractivity contribution in [3.05, 3.63) is 42.3 Å². The van der Waals surface area contributed by atoms with Crippen LogP contribution in [0.5, 0.6) is 0 Å². The zero-order valence-corrected chi connectivity index (χ0v) is 13.5. The van der Waals surface area contributed by atoms with Crippen molar-refractivity contribution in [3.8, 4) is 11.5 Å². The van der Waals surface area contributed by atoms with Gasteiger partial charge in [-0.1, -0.05) is 18.2 Å². The standard InChI is InChI=1S/C19H24N2O2.H2/c22-18(21-13-7-2-8-14-21)12-6-5-11-17-15-23-19(20-17)16-9-3-1-4-10-16;/h1,3-4,9-10,15H,2,5-8,11-14H2;1H. The molecule has 1 fully saturated rings. The highest BCUT2D eigenvalue weighted by atomic mass is 16.3. The highest BCUT2D eigenvalue weighted by Crippen LogP contribution is 2.19. The molecular weight excluding hydrogens is 288 g/mol. The molecule has 0 spiro atoms. The summed E-state index contributed by atoms with van der Waals surface area (Å²) in [5.41, 5.74) is 1.97. The number of carbonyl (C=O) groups is 1. The summed E-state index contributed by atoms with van der Waals surface area (Å²) in [5.74, 6) is 0.986. The summed E-state index contributed by atoms with van der Waals surface area (Å²) >= 11 is 0. The van der Waals surface area contributed by atoms with Crippen LogP contribution in [0.3, 0.4) is 0 Å². The van der Waals surface area contributed by atoms with Crippen molar-refractivity contribution in [2.75, 3.05) is 13.1 Å². The molecule has 0 radical (unpaired) electrons. The summed E-state index contributed by atoms with van der Waals surface area (Å²) in [5, 5.41) is 0. The molecule has 0 N–H and O–H groups in total. The Hall–Kier alpha value is -2.10. The molecule has 0 atom stereocenters. The van der Waals surface area contributed by atoms with Crippen LogP contribution < -0.4 is 0 Å². The number of oxazole rings is 1. The molecule has 0 saturated carbocycles. The molecule has 1 aliphatic rings. The van der Waals surface area contributed by atoms with Gasteiger partial charge in [-0.3, -0.25) is 4.79 Å². The van der Waals surface area contributed by atoms with Crippen molar-refractivity contribution in [2.24, 2.45) is 0 Å². The van der Waals surface area contributed by atoms with E-state index >= 15 is 0 Å². The van der Waals surface area contributed by atoms with E-state index in [0.717, 1.165) is 56.5 Å². The number of nitrogens with zero attached hydrogens (tertiary/aromatic N) is 2. The Bertz CT molecular complexity index is 621. The Morgan fingerprint density at radius 3 is 2.70 bits per heavy atom. The second kappa shape index (κ2) is 7.95. The van der Waals surface area contributed by atoms with E-state index in [0.29, 0.717) is 18.2 Å². The summed E-state index contributed by atoms with van der Waals surface area (Å²) in [6.45, 7) is 1.89. The number of likely N-dealkylation sites (tertiary alicyclic amines) is 1. The normalized spacial score (nSPS) is 14.9. The van der Waals surface area contributed by atoms with Crippen LogP contribution in [-0.2, 0) is 11.2 Å². The number of piperidine rings is 1. The summed E-state index contributed by atoms with van der Waals surface area (Å²) in [4.78, 5) is 18.6. The van der Waals surface area contributed by atoms with Crippen LogP contribution in [0, 0.1) is 0 Å². The highest BCUT2D eigenvalue weighted by molar-refractivity contribution is 5.76. The number of aromatic nitrogens is 1. The van der Waals surface area contributed by atoms with Gasteiger partial charge in [-0.15, -0.1) is 0 Å². The number of carbonyl (C=O) groups excluding carboxylic acids is 1. The van der Waals surface area contributed by atoms with Gasteiger partial charge in [0.15, 0.2) is 0 Å². The van der Waals surface area contributed by atoms with E-state index in [-0.39, 0.29) is 1.43 Å². The lowest BCUT2D eigenvalue weighted by Gasteiger charge is -2.26. The first-order chi connectivity index (χ1) is 11.3.